The van der Waals surface area contributed by atoms with E-state index in [1.54, 1.807) is 17.2 Å². The van der Waals surface area contributed by atoms with Crippen LogP contribution in [0.1, 0.15) is 25.5 Å². The number of hydrogen-bond donors (Lipinski definition) is 1. The Bertz CT molecular complexity index is 577. The average Bonchev–Trinajstić information content (AvgIpc) is 2.70. The molecular formula is C13H18N2O4S. The van der Waals surface area contributed by atoms with Crippen LogP contribution >= 0.6 is 11.3 Å². The second kappa shape index (κ2) is 5.78. The first kappa shape index (κ1) is 14.8. The molecular weight excluding hydrogens is 280 g/mol. The van der Waals surface area contributed by atoms with Gasteiger partial charge in [-0.1, -0.05) is 11.3 Å². The fraction of sp³-hybridized carbons (Fsp3) is 0.615. The third-order valence-corrected chi connectivity index (χ3v) is 4.70. The number of amides is 1. The number of hydrogen-bond acceptors (Lipinski definition) is 4. The summed E-state index contributed by atoms with van der Waals surface area (Å²) in [5.74, 6) is -1.29. The van der Waals surface area contributed by atoms with Crippen LogP contribution in [0, 0.1) is 12.8 Å². The first-order chi connectivity index (χ1) is 9.40. The van der Waals surface area contributed by atoms with Crippen LogP contribution < -0.4 is 4.87 Å². The zero-order valence-electron chi connectivity index (χ0n) is 11.5. The van der Waals surface area contributed by atoms with Crippen molar-refractivity contribution < 1.29 is 14.7 Å². The molecule has 1 amide bonds. The van der Waals surface area contributed by atoms with Gasteiger partial charge in [-0.3, -0.25) is 19.0 Å². The SMILES string of the molecule is Cc1csc(=O)n1CC(=O)N1CCC(C(=O)O)CC1C. The second-order valence-electron chi connectivity index (χ2n) is 5.22. The third kappa shape index (κ3) is 2.92. The monoisotopic (exact) mass is 298 g/mol. The van der Waals surface area contributed by atoms with Crippen molar-refractivity contribution >= 4 is 23.2 Å². The first-order valence-corrected chi connectivity index (χ1v) is 7.45. The summed E-state index contributed by atoms with van der Waals surface area (Å²) in [4.78, 5) is 36.4. The van der Waals surface area contributed by atoms with E-state index < -0.39 is 5.97 Å². The standard InChI is InChI=1S/C13H18N2O4S/c1-8-5-10(12(17)18)3-4-14(8)11(16)6-15-9(2)7-20-13(15)19/h7-8,10H,3-6H2,1-2H3,(H,17,18). The summed E-state index contributed by atoms with van der Waals surface area (Å²) >= 11 is 1.08. The van der Waals surface area contributed by atoms with Crippen molar-refractivity contribution in [2.24, 2.45) is 5.92 Å². The van der Waals surface area contributed by atoms with Crippen LogP contribution in [0.25, 0.3) is 0 Å². The number of piperidine rings is 1. The lowest BCUT2D eigenvalue weighted by molar-refractivity contribution is -0.147. The van der Waals surface area contributed by atoms with Gasteiger partial charge in [-0.15, -0.1) is 0 Å². The molecule has 6 nitrogen and oxygen atoms in total. The van der Waals surface area contributed by atoms with Gasteiger partial charge in [0.1, 0.15) is 6.54 Å². The molecule has 7 heteroatoms. The van der Waals surface area contributed by atoms with Gasteiger partial charge >= 0.3 is 10.8 Å². The lowest BCUT2D eigenvalue weighted by Crippen LogP contribution is -2.47. The van der Waals surface area contributed by atoms with Crippen LogP contribution in [-0.4, -0.2) is 39.0 Å². The molecule has 1 aromatic rings. The molecule has 110 valence electrons. The van der Waals surface area contributed by atoms with Gasteiger partial charge in [0.15, 0.2) is 0 Å². The van der Waals surface area contributed by atoms with Gasteiger partial charge in [-0.05, 0) is 26.7 Å². The summed E-state index contributed by atoms with van der Waals surface area (Å²) in [6.07, 6.45) is 0.946. The number of aromatic nitrogens is 1. The van der Waals surface area contributed by atoms with Crippen LogP contribution in [0.3, 0.4) is 0 Å². The zero-order valence-corrected chi connectivity index (χ0v) is 12.4. The number of carbonyl (C=O) groups excluding carboxylic acids is 1. The Hall–Kier alpha value is -1.63. The Morgan fingerprint density at radius 2 is 2.20 bits per heavy atom. The number of likely N-dealkylation sites (tertiary alicyclic amines) is 1. The maximum Gasteiger partial charge on any atom is 0.307 e. The first-order valence-electron chi connectivity index (χ1n) is 6.57. The molecule has 0 saturated carbocycles. The molecule has 2 rings (SSSR count). The van der Waals surface area contributed by atoms with Crippen molar-refractivity contribution in [3.63, 3.8) is 0 Å². The molecule has 20 heavy (non-hydrogen) atoms. The summed E-state index contributed by atoms with van der Waals surface area (Å²) in [5.41, 5.74) is 0.779. The molecule has 1 aliphatic heterocycles. The van der Waals surface area contributed by atoms with Crippen LogP contribution in [0.15, 0.2) is 10.2 Å². The molecule has 0 aliphatic carbocycles. The highest BCUT2D eigenvalue weighted by Gasteiger charge is 2.32. The normalized spacial score (nSPS) is 22.8. The number of thiazole rings is 1. The summed E-state index contributed by atoms with van der Waals surface area (Å²) in [6, 6.07) is -0.105. The van der Waals surface area contributed by atoms with Gasteiger partial charge in [0.05, 0.1) is 5.92 Å². The van der Waals surface area contributed by atoms with Crippen molar-refractivity contribution in [3.05, 3.63) is 20.7 Å². The van der Waals surface area contributed by atoms with Crippen LogP contribution in [-0.2, 0) is 16.1 Å². The molecule has 1 fully saturated rings. The second-order valence-corrected chi connectivity index (χ2v) is 6.05. The Kier molecular flexibility index (Phi) is 4.27. The molecule has 1 aromatic heterocycles. The third-order valence-electron chi connectivity index (χ3n) is 3.82. The van der Waals surface area contributed by atoms with Crippen molar-refractivity contribution in [1.82, 2.24) is 9.47 Å². The van der Waals surface area contributed by atoms with Crippen molar-refractivity contribution in [2.45, 2.75) is 39.3 Å². The van der Waals surface area contributed by atoms with Gasteiger partial charge in [0.2, 0.25) is 5.91 Å². The van der Waals surface area contributed by atoms with Gasteiger partial charge in [-0.25, -0.2) is 0 Å². The highest BCUT2D eigenvalue weighted by atomic mass is 32.1. The molecule has 2 unspecified atom stereocenters. The Morgan fingerprint density at radius 3 is 2.70 bits per heavy atom. The van der Waals surface area contributed by atoms with Gasteiger partial charge in [-0.2, -0.15) is 0 Å². The van der Waals surface area contributed by atoms with E-state index >= 15 is 0 Å². The average molecular weight is 298 g/mol. The molecule has 2 atom stereocenters. The van der Waals surface area contributed by atoms with E-state index in [4.69, 9.17) is 5.11 Å². The maximum absolute atomic E-state index is 12.3. The molecule has 1 saturated heterocycles. The van der Waals surface area contributed by atoms with E-state index in [2.05, 4.69) is 0 Å². The van der Waals surface area contributed by atoms with Crippen molar-refractivity contribution in [3.8, 4) is 0 Å². The number of carboxylic acid groups (broad SMARTS) is 1. The molecule has 2 heterocycles. The minimum atomic E-state index is -0.797. The predicted molar refractivity (Wildman–Crippen MR) is 74.9 cm³/mol. The van der Waals surface area contributed by atoms with Gasteiger partial charge in [0, 0.05) is 23.7 Å². The quantitative estimate of drug-likeness (QED) is 0.900. The van der Waals surface area contributed by atoms with Crippen LogP contribution in [0.4, 0.5) is 0 Å². The fourth-order valence-corrected chi connectivity index (χ4v) is 3.32. The number of nitrogens with zero attached hydrogens (tertiary/aromatic N) is 2. The topological polar surface area (TPSA) is 79.6 Å². The summed E-state index contributed by atoms with van der Waals surface area (Å²) in [7, 11) is 0. The smallest absolute Gasteiger partial charge is 0.307 e. The summed E-state index contributed by atoms with van der Waals surface area (Å²) in [6.45, 7) is 4.13. The highest BCUT2D eigenvalue weighted by molar-refractivity contribution is 7.07. The minimum absolute atomic E-state index is 0.0379. The van der Waals surface area contributed by atoms with Crippen molar-refractivity contribution in [1.29, 1.82) is 0 Å². The predicted octanol–water partition coefficient (Wildman–Crippen LogP) is 0.930. The van der Waals surface area contributed by atoms with E-state index in [0.29, 0.717) is 19.4 Å². The highest BCUT2D eigenvalue weighted by Crippen LogP contribution is 2.23. The molecule has 0 spiro atoms. The zero-order chi connectivity index (χ0) is 14.9. The van der Waals surface area contributed by atoms with Gasteiger partial charge < -0.3 is 10.0 Å². The number of carbonyl (C=O) groups is 2. The van der Waals surface area contributed by atoms with Crippen LogP contribution in [0.2, 0.25) is 0 Å². The lowest BCUT2D eigenvalue weighted by atomic mass is 9.91. The molecule has 0 bridgehead atoms. The number of aliphatic carboxylic acids is 1. The fourth-order valence-electron chi connectivity index (χ4n) is 2.59. The Balaban J connectivity index is 2.04. The van der Waals surface area contributed by atoms with E-state index in [0.717, 1.165) is 17.0 Å². The van der Waals surface area contributed by atoms with Crippen LogP contribution in [0.5, 0.6) is 0 Å². The summed E-state index contributed by atoms with van der Waals surface area (Å²) in [5, 5.41) is 10.7. The van der Waals surface area contributed by atoms with E-state index in [1.165, 1.54) is 4.57 Å². The Labute approximate surface area is 120 Å². The molecule has 1 aliphatic rings. The largest absolute Gasteiger partial charge is 0.481 e. The number of aryl methyl sites for hydroxylation is 1. The maximum atomic E-state index is 12.3. The number of rotatable bonds is 3. The summed E-state index contributed by atoms with van der Waals surface area (Å²) < 4.78 is 1.46. The van der Waals surface area contributed by atoms with Crippen molar-refractivity contribution in [2.75, 3.05) is 6.54 Å². The molecule has 0 radical (unpaired) electrons. The molecule has 0 aromatic carbocycles. The van der Waals surface area contributed by atoms with E-state index in [9.17, 15) is 14.4 Å². The van der Waals surface area contributed by atoms with Gasteiger partial charge in [0.25, 0.3) is 0 Å². The lowest BCUT2D eigenvalue weighted by Gasteiger charge is -2.36. The minimum Gasteiger partial charge on any atom is -0.481 e. The number of carboxylic acids is 1. The van der Waals surface area contributed by atoms with E-state index in [-0.39, 0.29) is 29.3 Å². The van der Waals surface area contributed by atoms with E-state index in [1.807, 2.05) is 6.92 Å². The molecule has 1 N–H and O–H groups in total. The Morgan fingerprint density at radius 1 is 1.50 bits per heavy atom.